The molecule has 4 heteroatoms. The normalized spacial score (nSPS) is 10.5. The van der Waals surface area contributed by atoms with Gasteiger partial charge in [0.2, 0.25) is 0 Å². The van der Waals surface area contributed by atoms with Gasteiger partial charge in [0.15, 0.2) is 0 Å². The Labute approximate surface area is 159 Å². The molecular weight excluding hydrogens is 346 g/mol. The number of rotatable bonds is 8. The van der Waals surface area contributed by atoms with Gasteiger partial charge in [0.25, 0.3) is 0 Å². The van der Waals surface area contributed by atoms with Gasteiger partial charge in [-0.05, 0) is 54.6 Å². The lowest BCUT2D eigenvalue weighted by atomic mass is 10.2. The van der Waals surface area contributed by atoms with Crippen molar-refractivity contribution < 1.29 is 14.8 Å². The van der Waals surface area contributed by atoms with Crippen LogP contribution in [0.15, 0.2) is 72.8 Å². The molecule has 0 saturated heterocycles. The molecule has 2 N–H and O–H groups in total. The first-order valence-electron chi connectivity index (χ1n) is 8.64. The highest BCUT2D eigenvalue weighted by molar-refractivity contribution is 6.31. The van der Waals surface area contributed by atoms with E-state index in [1.54, 1.807) is 7.11 Å². The van der Waals surface area contributed by atoms with Crippen LogP contribution in [0.25, 0.3) is 0 Å². The molecule has 3 aromatic carbocycles. The van der Waals surface area contributed by atoms with Gasteiger partial charge in [-0.1, -0.05) is 29.8 Å². The minimum Gasteiger partial charge on any atom is -0.497 e. The van der Waals surface area contributed by atoms with E-state index in [2.05, 4.69) is 29.6 Å². The van der Waals surface area contributed by atoms with E-state index in [1.165, 1.54) is 11.1 Å². The molecule has 0 amide bonds. The summed E-state index contributed by atoms with van der Waals surface area (Å²) < 4.78 is 11.0. The summed E-state index contributed by atoms with van der Waals surface area (Å²) in [7, 11) is 1.68. The molecule has 0 radical (unpaired) electrons. The second-order valence-corrected chi connectivity index (χ2v) is 6.48. The van der Waals surface area contributed by atoms with Crippen LogP contribution < -0.4 is 14.8 Å². The topological polar surface area (TPSA) is 35.1 Å². The highest BCUT2D eigenvalue weighted by Crippen LogP contribution is 2.19. The number of halogens is 1. The van der Waals surface area contributed by atoms with Gasteiger partial charge < -0.3 is 14.8 Å². The monoisotopic (exact) mass is 368 g/mol. The van der Waals surface area contributed by atoms with Crippen molar-refractivity contribution in [1.82, 2.24) is 0 Å². The zero-order chi connectivity index (χ0) is 18.2. The Balaban J connectivity index is 1.46. The van der Waals surface area contributed by atoms with Crippen molar-refractivity contribution in [3.8, 4) is 11.5 Å². The van der Waals surface area contributed by atoms with Crippen molar-refractivity contribution in [2.45, 2.75) is 19.7 Å². The fraction of sp³-hybridized carbons (Fsp3) is 0.182. The Kier molecular flexibility index (Phi) is 6.53. The average molecular weight is 369 g/mol. The Bertz CT molecular complexity index is 816. The third kappa shape index (κ3) is 5.25. The molecule has 0 fully saturated rings. The number of methoxy groups -OCH3 is 1. The molecule has 0 bridgehead atoms. The quantitative estimate of drug-likeness (QED) is 0.647. The van der Waals surface area contributed by atoms with Crippen molar-refractivity contribution in [2.24, 2.45) is 0 Å². The second-order valence-electron chi connectivity index (χ2n) is 6.07. The molecule has 0 spiro atoms. The molecule has 3 nitrogen and oxygen atoms in total. The average Bonchev–Trinajstić information content (AvgIpc) is 2.69. The summed E-state index contributed by atoms with van der Waals surface area (Å²) in [5.74, 6) is 1.74. The molecule has 26 heavy (non-hydrogen) atoms. The van der Waals surface area contributed by atoms with Crippen molar-refractivity contribution in [3.63, 3.8) is 0 Å². The number of ether oxygens (including phenoxy) is 2. The minimum atomic E-state index is 0.475. The second kappa shape index (κ2) is 9.27. The zero-order valence-corrected chi connectivity index (χ0v) is 15.6. The van der Waals surface area contributed by atoms with Gasteiger partial charge in [0.05, 0.1) is 7.11 Å². The van der Waals surface area contributed by atoms with Gasteiger partial charge in [-0.3, -0.25) is 0 Å². The maximum absolute atomic E-state index is 6.15. The third-order valence-electron chi connectivity index (χ3n) is 4.19. The molecule has 0 atom stereocenters. The van der Waals surface area contributed by atoms with E-state index >= 15 is 0 Å². The molecule has 0 aromatic heterocycles. The van der Waals surface area contributed by atoms with E-state index < -0.39 is 0 Å². The van der Waals surface area contributed by atoms with E-state index in [0.717, 1.165) is 35.2 Å². The van der Waals surface area contributed by atoms with Gasteiger partial charge in [0, 0.05) is 21.7 Å². The summed E-state index contributed by atoms with van der Waals surface area (Å²) in [5, 5.41) is 3.01. The van der Waals surface area contributed by atoms with Crippen LogP contribution >= 0.6 is 11.6 Å². The van der Waals surface area contributed by atoms with Crippen molar-refractivity contribution in [3.05, 3.63) is 94.5 Å². The maximum Gasteiger partial charge on any atom is 0.119 e. The lowest BCUT2D eigenvalue weighted by Gasteiger charge is -2.08. The van der Waals surface area contributed by atoms with Crippen LogP contribution in [0, 0.1) is 0 Å². The summed E-state index contributed by atoms with van der Waals surface area (Å²) in [5.41, 5.74) is 3.54. The number of nitrogens with two attached hydrogens (primary N) is 1. The van der Waals surface area contributed by atoms with Crippen molar-refractivity contribution in [2.75, 3.05) is 7.11 Å². The Hall–Kier alpha value is -2.49. The molecule has 0 heterocycles. The minimum absolute atomic E-state index is 0.475. The number of quaternary nitrogens is 1. The molecular formula is C22H23ClNO2+. The van der Waals surface area contributed by atoms with E-state index in [9.17, 15) is 0 Å². The van der Waals surface area contributed by atoms with Crippen molar-refractivity contribution >= 4 is 11.6 Å². The third-order valence-corrected chi connectivity index (χ3v) is 4.56. The smallest absolute Gasteiger partial charge is 0.119 e. The molecule has 0 aliphatic rings. The molecule has 0 unspecified atom stereocenters. The van der Waals surface area contributed by atoms with Crippen LogP contribution in [0.2, 0.25) is 5.02 Å². The summed E-state index contributed by atoms with van der Waals surface area (Å²) >= 11 is 6.15. The predicted octanol–water partition coefficient (Wildman–Crippen LogP) is 4.19. The summed E-state index contributed by atoms with van der Waals surface area (Å²) in [6.45, 7) is 2.34. The first kappa shape index (κ1) is 18.3. The molecule has 0 saturated carbocycles. The summed E-state index contributed by atoms with van der Waals surface area (Å²) in [6.07, 6.45) is 0. The highest BCUT2D eigenvalue weighted by atomic mass is 35.5. The standard InChI is InChI=1S/C22H22ClNO2/c1-25-20-10-6-17(7-11-20)14-24-15-18-8-12-21(13-9-18)26-16-19-4-2-3-5-22(19)23/h2-13,24H,14-16H2,1H3/p+1. The first-order chi connectivity index (χ1) is 12.7. The molecule has 134 valence electrons. The van der Waals surface area contributed by atoms with Gasteiger partial charge in [-0.2, -0.15) is 0 Å². The largest absolute Gasteiger partial charge is 0.497 e. The number of benzene rings is 3. The summed E-state index contributed by atoms with van der Waals surface area (Å²) in [6, 6.07) is 24.1. The molecule has 3 rings (SSSR count). The highest BCUT2D eigenvalue weighted by Gasteiger charge is 2.02. The lowest BCUT2D eigenvalue weighted by Crippen LogP contribution is -2.80. The van der Waals surface area contributed by atoms with Crippen LogP contribution in [-0.4, -0.2) is 7.11 Å². The maximum atomic E-state index is 6.15. The number of hydrogen-bond donors (Lipinski definition) is 1. The lowest BCUT2D eigenvalue weighted by molar-refractivity contribution is -0.686. The Morgan fingerprint density at radius 2 is 1.35 bits per heavy atom. The van der Waals surface area contributed by atoms with E-state index in [0.29, 0.717) is 6.61 Å². The van der Waals surface area contributed by atoms with Gasteiger partial charge in [0.1, 0.15) is 31.2 Å². The first-order valence-corrected chi connectivity index (χ1v) is 9.02. The fourth-order valence-corrected chi connectivity index (χ4v) is 2.86. The van der Waals surface area contributed by atoms with Gasteiger partial charge in [-0.25, -0.2) is 0 Å². The molecule has 0 aliphatic heterocycles. The van der Waals surface area contributed by atoms with Gasteiger partial charge >= 0.3 is 0 Å². The van der Waals surface area contributed by atoms with E-state index in [4.69, 9.17) is 21.1 Å². The SMILES string of the molecule is COc1ccc(C[NH2+]Cc2ccc(OCc3ccccc3Cl)cc2)cc1. The van der Waals surface area contributed by atoms with Crippen molar-refractivity contribution in [1.29, 1.82) is 0 Å². The van der Waals surface area contributed by atoms with Crippen LogP contribution in [-0.2, 0) is 19.7 Å². The van der Waals surface area contributed by atoms with Crippen LogP contribution in [0.1, 0.15) is 16.7 Å². The molecule has 0 aliphatic carbocycles. The summed E-state index contributed by atoms with van der Waals surface area (Å²) in [4.78, 5) is 0. The predicted molar refractivity (Wildman–Crippen MR) is 105 cm³/mol. The zero-order valence-electron chi connectivity index (χ0n) is 14.8. The Morgan fingerprint density at radius 1 is 0.769 bits per heavy atom. The molecule has 3 aromatic rings. The Morgan fingerprint density at radius 3 is 1.92 bits per heavy atom. The number of hydrogen-bond acceptors (Lipinski definition) is 2. The van der Waals surface area contributed by atoms with E-state index in [1.807, 2.05) is 48.5 Å². The fourth-order valence-electron chi connectivity index (χ4n) is 2.67. The van der Waals surface area contributed by atoms with Crippen LogP contribution in [0.5, 0.6) is 11.5 Å². The van der Waals surface area contributed by atoms with Gasteiger partial charge in [-0.15, -0.1) is 0 Å². The van der Waals surface area contributed by atoms with Crippen LogP contribution in [0.3, 0.4) is 0 Å². The van der Waals surface area contributed by atoms with E-state index in [-0.39, 0.29) is 0 Å². The van der Waals surface area contributed by atoms with Crippen LogP contribution in [0.4, 0.5) is 0 Å².